The zero-order valence-electron chi connectivity index (χ0n) is 15.6. The molecule has 0 aromatic heterocycles. The van der Waals surface area contributed by atoms with Crippen LogP contribution in [0.25, 0.3) is 0 Å². The summed E-state index contributed by atoms with van der Waals surface area (Å²) in [5, 5.41) is 15.8. The minimum Gasteiger partial charge on any atom is -0.454 e. The van der Waals surface area contributed by atoms with E-state index in [2.05, 4.69) is 26.6 Å². The molecule has 0 saturated heterocycles. The van der Waals surface area contributed by atoms with Crippen LogP contribution < -0.4 is 10.6 Å². The first-order valence-corrected chi connectivity index (χ1v) is 9.24. The quantitative estimate of drug-likeness (QED) is 0.369. The Morgan fingerprint density at radius 3 is 2.59 bits per heavy atom. The molecule has 2 aromatic carbocycles. The summed E-state index contributed by atoms with van der Waals surface area (Å²) in [5.41, 5.74) is 1.27. The molecule has 152 valence electrons. The molecule has 0 aliphatic carbocycles. The van der Waals surface area contributed by atoms with Crippen LogP contribution in [0.5, 0.6) is 0 Å². The second kappa shape index (κ2) is 9.78. The molecular formula is C19H18BrN3O6. The summed E-state index contributed by atoms with van der Waals surface area (Å²) < 4.78 is 5.81. The van der Waals surface area contributed by atoms with E-state index in [1.54, 1.807) is 18.2 Å². The topological polar surface area (TPSA) is 128 Å². The summed E-state index contributed by atoms with van der Waals surface area (Å²) in [6, 6.07) is 9.27. The molecule has 0 aliphatic rings. The van der Waals surface area contributed by atoms with Crippen molar-refractivity contribution >= 4 is 45.1 Å². The van der Waals surface area contributed by atoms with Crippen molar-refractivity contribution < 1.29 is 24.0 Å². The maximum atomic E-state index is 12.1. The smallest absolute Gasteiger partial charge is 0.328 e. The fourth-order valence-electron chi connectivity index (χ4n) is 2.28. The zero-order valence-corrected chi connectivity index (χ0v) is 17.2. The lowest BCUT2D eigenvalue weighted by Gasteiger charge is -2.13. The fraction of sp³-hybridized carbons (Fsp3) is 0.211. The number of carbonyl (C=O) groups is 3. The van der Waals surface area contributed by atoms with E-state index in [0.717, 1.165) is 16.1 Å². The SMILES string of the molecule is Cc1cc(NC(=O)COC(=O)[C@H](C)NC(=O)c2cccc([N+](=O)[O-])c2)ccc1Br. The van der Waals surface area contributed by atoms with E-state index in [0.29, 0.717) is 5.69 Å². The Hall–Kier alpha value is -3.27. The third-order valence-corrected chi connectivity index (χ3v) is 4.70. The van der Waals surface area contributed by atoms with Crippen LogP contribution in [-0.4, -0.2) is 35.4 Å². The number of nitro benzene ring substituents is 1. The molecule has 0 spiro atoms. The van der Waals surface area contributed by atoms with Crippen molar-refractivity contribution in [3.8, 4) is 0 Å². The number of nitrogens with zero attached hydrogens (tertiary/aromatic N) is 1. The normalized spacial score (nSPS) is 11.3. The molecule has 0 bridgehead atoms. The Balaban J connectivity index is 1.86. The number of benzene rings is 2. The van der Waals surface area contributed by atoms with Crippen molar-refractivity contribution in [1.82, 2.24) is 5.32 Å². The third-order valence-electron chi connectivity index (χ3n) is 3.81. The number of non-ortho nitro benzene ring substituents is 1. The summed E-state index contributed by atoms with van der Waals surface area (Å²) in [5.74, 6) is -2.02. The highest BCUT2D eigenvalue weighted by molar-refractivity contribution is 9.10. The monoisotopic (exact) mass is 463 g/mol. The number of nitrogens with one attached hydrogen (secondary N) is 2. The van der Waals surface area contributed by atoms with Crippen LogP contribution in [0.15, 0.2) is 46.9 Å². The molecule has 0 saturated carbocycles. The minimum atomic E-state index is -1.05. The Labute approximate surface area is 174 Å². The van der Waals surface area contributed by atoms with Gasteiger partial charge in [-0.05, 0) is 43.7 Å². The second-order valence-electron chi connectivity index (χ2n) is 6.12. The van der Waals surface area contributed by atoms with Gasteiger partial charge in [-0.25, -0.2) is 4.79 Å². The Morgan fingerprint density at radius 1 is 1.21 bits per heavy atom. The number of ether oxygens (including phenoxy) is 1. The van der Waals surface area contributed by atoms with Crippen molar-refractivity contribution in [3.63, 3.8) is 0 Å². The molecule has 2 rings (SSSR count). The molecule has 0 radical (unpaired) electrons. The van der Waals surface area contributed by atoms with Crippen LogP contribution in [0, 0.1) is 17.0 Å². The van der Waals surface area contributed by atoms with Gasteiger partial charge in [-0.3, -0.25) is 19.7 Å². The van der Waals surface area contributed by atoms with Crippen LogP contribution >= 0.6 is 15.9 Å². The molecule has 0 heterocycles. The maximum absolute atomic E-state index is 12.1. The first-order chi connectivity index (χ1) is 13.7. The number of rotatable bonds is 7. The molecule has 2 aromatic rings. The number of halogens is 1. The Bertz CT molecular complexity index is 963. The number of hydrogen-bond acceptors (Lipinski definition) is 6. The number of nitro groups is 1. The van der Waals surface area contributed by atoms with Gasteiger partial charge in [0.15, 0.2) is 6.61 Å². The van der Waals surface area contributed by atoms with E-state index >= 15 is 0 Å². The van der Waals surface area contributed by atoms with Gasteiger partial charge in [0.1, 0.15) is 6.04 Å². The number of amides is 2. The summed E-state index contributed by atoms with van der Waals surface area (Å²) in [7, 11) is 0. The van der Waals surface area contributed by atoms with Crippen molar-refractivity contribution in [3.05, 3.63) is 68.2 Å². The average Bonchev–Trinajstić information content (AvgIpc) is 2.68. The number of anilines is 1. The fourth-order valence-corrected chi connectivity index (χ4v) is 2.53. The summed E-state index contributed by atoms with van der Waals surface area (Å²) in [6.45, 7) is 2.73. The number of esters is 1. The highest BCUT2D eigenvalue weighted by atomic mass is 79.9. The van der Waals surface area contributed by atoms with Gasteiger partial charge in [0, 0.05) is 27.9 Å². The van der Waals surface area contributed by atoms with Gasteiger partial charge in [0.05, 0.1) is 4.92 Å². The lowest BCUT2D eigenvalue weighted by atomic mass is 10.2. The molecule has 2 amide bonds. The predicted octanol–water partition coefficient (Wildman–Crippen LogP) is 2.97. The van der Waals surface area contributed by atoms with Gasteiger partial charge in [0.25, 0.3) is 17.5 Å². The zero-order chi connectivity index (χ0) is 21.6. The van der Waals surface area contributed by atoms with Gasteiger partial charge in [-0.2, -0.15) is 0 Å². The van der Waals surface area contributed by atoms with E-state index in [-0.39, 0.29) is 11.3 Å². The molecule has 10 heteroatoms. The average molecular weight is 464 g/mol. The number of aryl methyl sites for hydroxylation is 1. The van der Waals surface area contributed by atoms with Crippen LogP contribution in [0.2, 0.25) is 0 Å². The molecule has 0 unspecified atom stereocenters. The van der Waals surface area contributed by atoms with Crippen molar-refractivity contribution in [1.29, 1.82) is 0 Å². The third kappa shape index (κ3) is 6.39. The van der Waals surface area contributed by atoms with Gasteiger partial charge >= 0.3 is 5.97 Å². The molecule has 1 atom stereocenters. The van der Waals surface area contributed by atoms with Gasteiger partial charge in [-0.1, -0.05) is 22.0 Å². The molecule has 9 nitrogen and oxygen atoms in total. The molecule has 29 heavy (non-hydrogen) atoms. The Kier molecular flexibility index (Phi) is 7.43. The summed E-state index contributed by atoms with van der Waals surface area (Å²) in [6.07, 6.45) is 0. The van der Waals surface area contributed by atoms with Crippen LogP contribution in [0.1, 0.15) is 22.8 Å². The maximum Gasteiger partial charge on any atom is 0.328 e. The van der Waals surface area contributed by atoms with Gasteiger partial charge < -0.3 is 15.4 Å². The van der Waals surface area contributed by atoms with Crippen molar-refractivity contribution in [2.45, 2.75) is 19.9 Å². The first kappa shape index (κ1) is 22.0. The Morgan fingerprint density at radius 2 is 1.93 bits per heavy atom. The predicted molar refractivity (Wildman–Crippen MR) is 108 cm³/mol. The van der Waals surface area contributed by atoms with Crippen molar-refractivity contribution in [2.24, 2.45) is 0 Å². The molecular weight excluding hydrogens is 446 g/mol. The standard InChI is InChI=1S/C19H18BrN3O6/c1-11-8-14(6-7-16(11)20)22-17(24)10-29-19(26)12(2)21-18(25)13-4-3-5-15(9-13)23(27)28/h3-9,12H,10H2,1-2H3,(H,21,25)(H,22,24)/t12-/m0/s1. The minimum absolute atomic E-state index is 0.0298. The lowest BCUT2D eigenvalue weighted by molar-refractivity contribution is -0.384. The molecule has 2 N–H and O–H groups in total. The summed E-state index contributed by atoms with van der Waals surface area (Å²) in [4.78, 5) is 46.2. The van der Waals surface area contributed by atoms with Gasteiger partial charge in [-0.15, -0.1) is 0 Å². The second-order valence-corrected chi connectivity index (χ2v) is 6.98. The first-order valence-electron chi connectivity index (χ1n) is 8.45. The van der Waals surface area contributed by atoms with E-state index in [1.165, 1.54) is 25.1 Å². The summed E-state index contributed by atoms with van der Waals surface area (Å²) >= 11 is 3.36. The number of carbonyl (C=O) groups excluding carboxylic acids is 3. The van der Waals surface area contributed by atoms with Crippen LogP contribution in [0.3, 0.4) is 0 Å². The van der Waals surface area contributed by atoms with E-state index in [4.69, 9.17) is 4.74 Å². The highest BCUT2D eigenvalue weighted by Crippen LogP contribution is 2.20. The van der Waals surface area contributed by atoms with E-state index in [9.17, 15) is 24.5 Å². The van der Waals surface area contributed by atoms with Crippen molar-refractivity contribution in [2.75, 3.05) is 11.9 Å². The number of hydrogen-bond donors (Lipinski definition) is 2. The highest BCUT2D eigenvalue weighted by Gasteiger charge is 2.20. The van der Waals surface area contributed by atoms with E-state index in [1.807, 2.05) is 6.92 Å². The largest absolute Gasteiger partial charge is 0.454 e. The lowest BCUT2D eigenvalue weighted by Crippen LogP contribution is -2.40. The van der Waals surface area contributed by atoms with E-state index < -0.39 is 35.4 Å². The molecule has 0 fully saturated rings. The van der Waals surface area contributed by atoms with Gasteiger partial charge in [0.2, 0.25) is 0 Å². The molecule has 0 aliphatic heterocycles. The van der Waals surface area contributed by atoms with Crippen LogP contribution in [-0.2, 0) is 14.3 Å². The van der Waals surface area contributed by atoms with Crippen LogP contribution in [0.4, 0.5) is 11.4 Å².